The van der Waals surface area contributed by atoms with Crippen molar-refractivity contribution in [1.29, 1.82) is 0 Å². The Balaban J connectivity index is 2.38. The Hall–Kier alpha value is -1.10. The third kappa shape index (κ3) is 2.19. The highest BCUT2D eigenvalue weighted by atomic mass is 79.9. The van der Waals surface area contributed by atoms with Gasteiger partial charge in [0.2, 0.25) is 0 Å². The molecule has 0 atom stereocenters. The molecule has 0 radical (unpaired) electrons. The molecule has 0 spiro atoms. The van der Waals surface area contributed by atoms with Crippen molar-refractivity contribution in [2.75, 3.05) is 0 Å². The van der Waals surface area contributed by atoms with Crippen LogP contribution >= 0.6 is 15.9 Å². The first-order chi connectivity index (χ1) is 7.72. The summed E-state index contributed by atoms with van der Waals surface area (Å²) in [7, 11) is 0. The van der Waals surface area contributed by atoms with E-state index in [1.807, 2.05) is 12.1 Å². The summed E-state index contributed by atoms with van der Waals surface area (Å²) in [4.78, 5) is 18.8. The molecule has 86 valence electrons. The molecular weight excluding hydrogens is 270 g/mol. The molecule has 2 heterocycles. The van der Waals surface area contributed by atoms with E-state index in [2.05, 4.69) is 32.8 Å². The molecule has 16 heavy (non-hydrogen) atoms. The number of hydrogen-bond acceptors (Lipinski definition) is 2. The number of nitrogens with zero attached hydrogens (tertiary/aromatic N) is 2. The number of aryl methyl sites for hydroxylation is 1. The zero-order chi connectivity index (χ0) is 11.5. The summed E-state index contributed by atoms with van der Waals surface area (Å²) in [6, 6.07) is 3.69. The van der Waals surface area contributed by atoms with Crippen molar-refractivity contribution in [3.63, 3.8) is 0 Å². The lowest BCUT2D eigenvalue weighted by Gasteiger charge is -2.01. The summed E-state index contributed by atoms with van der Waals surface area (Å²) < 4.78 is 2.46. The predicted octanol–water partition coefficient (Wildman–Crippen LogP) is 2.68. The summed E-state index contributed by atoms with van der Waals surface area (Å²) >= 11 is 3.32. The van der Waals surface area contributed by atoms with E-state index in [4.69, 9.17) is 0 Å². The minimum Gasteiger partial charge on any atom is -0.304 e. The van der Waals surface area contributed by atoms with E-state index in [9.17, 15) is 4.79 Å². The van der Waals surface area contributed by atoms with E-state index in [1.54, 1.807) is 4.57 Å². The Morgan fingerprint density at radius 3 is 3.00 bits per heavy atom. The minimum absolute atomic E-state index is 0.0725. The number of unbranched alkanes of at least 4 members (excludes halogenated alkanes) is 2. The number of fused-ring (bicyclic) bond motifs is 1. The fourth-order valence-electron chi connectivity index (χ4n) is 1.73. The lowest BCUT2D eigenvalue weighted by Crippen LogP contribution is -2.17. The van der Waals surface area contributed by atoms with Crippen LogP contribution in [0.5, 0.6) is 0 Å². The van der Waals surface area contributed by atoms with Gasteiger partial charge in [-0.15, -0.1) is 0 Å². The van der Waals surface area contributed by atoms with Gasteiger partial charge in [-0.05, 0) is 34.5 Å². The molecule has 5 heteroatoms. The average Bonchev–Trinajstić information content (AvgIpc) is 2.56. The number of aromatic nitrogens is 3. The number of pyridine rings is 1. The van der Waals surface area contributed by atoms with Crippen molar-refractivity contribution < 1.29 is 0 Å². The van der Waals surface area contributed by atoms with Crippen LogP contribution in [0.1, 0.15) is 26.2 Å². The van der Waals surface area contributed by atoms with Crippen molar-refractivity contribution in [3.8, 4) is 0 Å². The van der Waals surface area contributed by atoms with Gasteiger partial charge in [0.15, 0.2) is 5.65 Å². The first-order valence-corrected chi connectivity index (χ1v) is 6.26. The molecule has 2 aromatic rings. The molecule has 2 rings (SSSR count). The first kappa shape index (κ1) is 11.4. The van der Waals surface area contributed by atoms with Gasteiger partial charge in [-0.3, -0.25) is 4.57 Å². The van der Waals surface area contributed by atoms with Crippen LogP contribution in [0.15, 0.2) is 21.5 Å². The van der Waals surface area contributed by atoms with Gasteiger partial charge >= 0.3 is 5.69 Å². The van der Waals surface area contributed by atoms with Crippen LogP contribution in [0.3, 0.4) is 0 Å². The van der Waals surface area contributed by atoms with E-state index < -0.39 is 0 Å². The van der Waals surface area contributed by atoms with Gasteiger partial charge in [-0.25, -0.2) is 9.78 Å². The molecule has 1 N–H and O–H groups in total. The number of aromatic amines is 1. The average molecular weight is 284 g/mol. The molecule has 0 aliphatic heterocycles. The lowest BCUT2D eigenvalue weighted by atomic mass is 10.2. The molecule has 0 bridgehead atoms. The van der Waals surface area contributed by atoms with Crippen molar-refractivity contribution >= 4 is 27.1 Å². The second-order valence-electron chi connectivity index (χ2n) is 3.79. The molecule has 0 amide bonds. The van der Waals surface area contributed by atoms with Crippen LogP contribution in [0.4, 0.5) is 0 Å². The van der Waals surface area contributed by atoms with E-state index in [-0.39, 0.29) is 5.69 Å². The molecule has 0 aliphatic carbocycles. The maximum atomic E-state index is 11.7. The number of halogens is 1. The molecule has 0 saturated heterocycles. The highest BCUT2D eigenvalue weighted by Gasteiger charge is 2.07. The molecule has 0 aromatic carbocycles. The van der Waals surface area contributed by atoms with Crippen LogP contribution < -0.4 is 5.69 Å². The Morgan fingerprint density at radius 1 is 1.44 bits per heavy atom. The summed E-state index contributed by atoms with van der Waals surface area (Å²) in [6.45, 7) is 2.88. The quantitative estimate of drug-likeness (QED) is 0.693. The number of rotatable bonds is 4. The highest BCUT2D eigenvalue weighted by Crippen LogP contribution is 2.13. The van der Waals surface area contributed by atoms with Gasteiger partial charge in [-0.2, -0.15) is 0 Å². The maximum Gasteiger partial charge on any atom is 0.327 e. The number of hydrogen-bond donors (Lipinski definition) is 1. The van der Waals surface area contributed by atoms with Crippen LogP contribution in [-0.2, 0) is 6.54 Å². The summed E-state index contributed by atoms with van der Waals surface area (Å²) in [6.07, 6.45) is 3.29. The van der Waals surface area contributed by atoms with E-state index in [0.717, 1.165) is 41.6 Å². The standard InChI is InChI=1S/C11H14BrN3O/c1-2-3-4-7-15-10-8(13-11(15)16)5-6-9(12)14-10/h5-6H,2-4,7H2,1H3,(H,13,16). The smallest absolute Gasteiger partial charge is 0.304 e. The van der Waals surface area contributed by atoms with Crippen molar-refractivity contribution in [2.24, 2.45) is 0 Å². The van der Waals surface area contributed by atoms with E-state index >= 15 is 0 Å². The van der Waals surface area contributed by atoms with Crippen molar-refractivity contribution in [2.45, 2.75) is 32.7 Å². The molecule has 0 saturated carbocycles. The fourth-order valence-corrected chi connectivity index (χ4v) is 2.03. The Morgan fingerprint density at radius 2 is 2.25 bits per heavy atom. The predicted molar refractivity (Wildman–Crippen MR) is 67.6 cm³/mol. The number of H-pyrrole nitrogens is 1. The summed E-state index contributed by atoms with van der Waals surface area (Å²) in [5.74, 6) is 0. The van der Waals surface area contributed by atoms with Gasteiger partial charge in [0, 0.05) is 6.54 Å². The molecule has 4 nitrogen and oxygen atoms in total. The topological polar surface area (TPSA) is 50.7 Å². The summed E-state index contributed by atoms with van der Waals surface area (Å²) in [5, 5.41) is 0. The van der Waals surface area contributed by atoms with Gasteiger partial charge in [0.05, 0.1) is 5.52 Å². The van der Waals surface area contributed by atoms with Crippen molar-refractivity contribution in [1.82, 2.24) is 14.5 Å². The van der Waals surface area contributed by atoms with Gasteiger partial charge in [0.1, 0.15) is 4.60 Å². The molecule has 0 unspecified atom stereocenters. The highest BCUT2D eigenvalue weighted by molar-refractivity contribution is 9.10. The molecular formula is C11H14BrN3O. The Kier molecular flexibility index (Phi) is 3.43. The molecule has 0 aliphatic rings. The monoisotopic (exact) mass is 283 g/mol. The van der Waals surface area contributed by atoms with E-state index in [1.165, 1.54) is 0 Å². The number of nitrogens with one attached hydrogen (secondary N) is 1. The SMILES string of the molecule is CCCCCn1c(=O)[nH]c2ccc(Br)nc21. The second kappa shape index (κ2) is 4.82. The van der Waals surface area contributed by atoms with Crippen LogP contribution in [0.25, 0.3) is 11.2 Å². The third-order valence-electron chi connectivity index (χ3n) is 2.57. The zero-order valence-corrected chi connectivity index (χ0v) is 10.7. The van der Waals surface area contributed by atoms with Gasteiger partial charge < -0.3 is 4.98 Å². The normalized spacial score (nSPS) is 11.1. The first-order valence-electron chi connectivity index (χ1n) is 5.47. The summed E-state index contributed by atoms with van der Waals surface area (Å²) in [5.41, 5.74) is 1.46. The number of imidazole rings is 1. The van der Waals surface area contributed by atoms with Crippen molar-refractivity contribution in [3.05, 3.63) is 27.2 Å². The fraction of sp³-hybridized carbons (Fsp3) is 0.455. The third-order valence-corrected chi connectivity index (χ3v) is 3.01. The molecule has 0 fully saturated rings. The lowest BCUT2D eigenvalue weighted by molar-refractivity contribution is 0.597. The minimum atomic E-state index is -0.0725. The van der Waals surface area contributed by atoms with Gasteiger partial charge in [-0.1, -0.05) is 19.8 Å². The largest absolute Gasteiger partial charge is 0.327 e. The van der Waals surface area contributed by atoms with E-state index in [0.29, 0.717) is 0 Å². The Bertz CT molecular complexity index is 544. The Labute approximate surface area is 102 Å². The van der Waals surface area contributed by atoms with Crippen LogP contribution in [0, 0.1) is 0 Å². The van der Waals surface area contributed by atoms with Crippen LogP contribution in [0.2, 0.25) is 0 Å². The van der Waals surface area contributed by atoms with Gasteiger partial charge in [0.25, 0.3) is 0 Å². The van der Waals surface area contributed by atoms with Crippen LogP contribution in [-0.4, -0.2) is 14.5 Å². The second-order valence-corrected chi connectivity index (χ2v) is 4.61. The zero-order valence-electron chi connectivity index (χ0n) is 9.16. The molecule has 2 aromatic heterocycles. The maximum absolute atomic E-state index is 11.7.